The Morgan fingerprint density at radius 1 is 1.13 bits per heavy atom. The first-order valence-corrected chi connectivity index (χ1v) is 6.61. The molecule has 0 aromatic heterocycles. The molecule has 2 rings (SSSR count). The van der Waals surface area contributed by atoms with E-state index in [2.05, 4.69) is 34.6 Å². The van der Waals surface area contributed by atoms with Gasteiger partial charge in [0.25, 0.3) is 0 Å². The van der Waals surface area contributed by atoms with Gasteiger partial charge < -0.3 is 0 Å². The van der Waals surface area contributed by atoms with Crippen LogP contribution in [0.4, 0.5) is 0 Å². The van der Waals surface area contributed by atoms with E-state index in [1.54, 1.807) is 11.1 Å². The van der Waals surface area contributed by atoms with Crippen LogP contribution in [0.25, 0.3) is 0 Å². The summed E-state index contributed by atoms with van der Waals surface area (Å²) >= 11 is 6.54. The van der Waals surface area contributed by atoms with Gasteiger partial charge in [0.2, 0.25) is 0 Å². The van der Waals surface area contributed by atoms with E-state index in [4.69, 9.17) is 11.6 Å². The molecule has 0 nitrogen and oxygen atoms in total. The molecular formula is C14H23Cl. The molecule has 15 heavy (non-hydrogen) atoms. The summed E-state index contributed by atoms with van der Waals surface area (Å²) < 4.78 is 0. The van der Waals surface area contributed by atoms with Gasteiger partial charge >= 0.3 is 0 Å². The summed E-state index contributed by atoms with van der Waals surface area (Å²) in [5.41, 5.74) is 3.90. The van der Waals surface area contributed by atoms with Gasteiger partial charge in [-0.15, -0.1) is 11.6 Å². The molecule has 0 spiro atoms. The van der Waals surface area contributed by atoms with Gasteiger partial charge in [-0.05, 0) is 41.6 Å². The third-order valence-electron chi connectivity index (χ3n) is 5.16. The van der Waals surface area contributed by atoms with E-state index in [1.165, 1.54) is 19.3 Å². The molecule has 0 saturated carbocycles. The molecule has 2 aliphatic carbocycles. The van der Waals surface area contributed by atoms with E-state index in [-0.39, 0.29) is 0 Å². The van der Waals surface area contributed by atoms with E-state index >= 15 is 0 Å². The van der Waals surface area contributed by atoms with Gasteiger partial charge in [0.15, 0.2) is 0 Å². The van der Waals surface area contributed by atoms with Gasteiger partial charge in [-0.1, -0.05) is 40.2 Å². The van der Waals surface area contributed by atoms with Gasteiger partial charge in [-0.2, -0.15) is 0 Å². The fourth-order valence-corrected chi connectivity index (χ4v) is 4.35. The van der Waals surface area contributed by atoms with Crippen molar-refractivity contribution < 1.29 is 0 Å². The SMILES string of the molecule is CC1C(C)(C)C2=C(C(Cl)CCC2)C1(C)C. The van der Waals surface area contributed by atoms with Gasteiger partial charge in [-0.25, -0.2) is 0 Å². The maximum Gasteiger partial charge on any atom is 0.0553 e. The van der Waals surface area contributed by atoms with Gasteiger partial charge in [0.05, 0.1) is 5.38 Å². The molecule has 2 atom stereocenters. The maximum atomic E-state index is 6.54. The molecule has 0 bridgehead atoms. The van der Waals surface area contributed by atoms with Crippen LogP contribution in [0.15, 0.2) is 11.1 Å². The molecule has 0 aromatic rings. The van der Waals surface area contributed by atoms with E-state index in [0.717, 1.165) is 0 Å². The minimum Gasteiger partial charge on any atom is -0.118 e. The van der Waals surface area contributed by atoms with Gasteiger partial charge in [-0.3, -0.25) is 0 Å². The van der Waals surface area contributed by atoms with Crippen LogP contribution in [0, 0.1) is 16.7 Å². The Kier molecular flexibility index (Phi) is 2.50. The molecule has 86 valence electrons. The Labute approximate surface area is 99.1 Å². The molecule has 2 unspecified atom stereocenters. The number of halogens is 1. The summed E-state index contributed by atoms with van der Waals surface area (Å²) in [6, 6.07) is 0. The van der Waals surface area contributed by atoms with Crippen molar-refractivity contribution in [3.8, 4) is 0 Å². The van der Waals surface area contributed by atoms with Crippen LogP contribution in [-0.4, -0.2) is 5.38 Å². The minimum absolute atomic E-state index is 0.297. The van der Waals surface area contributed by atoms with Crippen molar-refractivity contribution in [1.29, 1.82) is 0 Å². The van der Waals surface area contributed by atoms with Crippen molar-refractivity contribution in [3.05, 3.63) is 11.1 Å². The lowest BCUT2D eigenvalue weighted by atomic mass is 9.69. The van der Waals surface area contributed by atoms with Crippen LogP contribution in [-0.2, 0) is 0 Å². The van der Waals surface area contributed by atoms with Crippen molar-refractivity contribution in [2.45, 2.75) is 59.3 Å². The van der Waals surface area contributed by atoms with Crippen LogP contribution in [0.2, 0.25) is 0 Å². The largest absolute Gasteiger partial charge is 0.118 e. The van der Waals surface area contributed by atoms with Crippen LogP contribution in [0.5, 0.6) is 0 Å². The first-order valence-electron chi connectivity index (χ1n) is 6.17. The zero-order valence-corrected chi connectivity index (χ0v) is 11.4. The fraction of sp³-hybridized carbons (Fsp3) is 0.857. The second-order valence-electron chi connectivity index (χ2n) is 6.42. The normalized spacial score (nSPS) is 38.0. The highest BCUT2D eigenvalue weighted by molar-refractivity contribution is 6.22. The predicted octanol–water partition coefficient (Wildman–Crippen LogP) is 4.78. The summed E-state index contributed by atoms with van der Waals surface area (Å²) in [6.07, 6.45) is 3.73. The summed E-state index contributed by atoms with van der Waals surface area (Å²) in [5.74, 6) is 0.703. The zero-order chi connectivity index (χ0) is 11.4. The number of alkyl halides is 1. The molecule has 0 aliphatic heterocycles. The van der Waals surface area contributed by atoms with Crippen molar-refractivity contribution >= 4 is 11.6 Å². The zero-order valence-electron chi connectivity index (χ0n) is 10.7. The van der Waals surface area contributed by atoms with Crippen molar-refractivity contribution in [2.24, 2.45) is 16.7 Å². The summed E-state index contributed by atoms with van der Waals surface area (Å²) in [7, 11) is 0. The molecule has 2 aliphatic rings. The molecule has 0 amide bonds. The van der Waals surface area contributed by atoms with Crippen LogP contribution < -0.4 is 0 Å². The Morgan fingerprint density at radius 2 is 1.73 bits per heavy atom. The summed E-state index contributed by atoms with van der Waals surface area (Å²) in [6.45, 7) is 11.9. The highest BCUT2D eigenvalue weighted by Gasteiger charge is 2.52. The Hall–Kier alpha value is 0.0300. The lowest BCUT2D eigenvalue weighted by Crippen LogP contribution is -2.29. The van der Waals surface area contributed by atoms with Crippen LogP contribution >= 0.6 is 11.6 Å². The molecule has 0 N–H and O–H groups in total. The number of hydrogen-bond acceptors (Lipinski definition) is 0. The number of rotatable bonds is 0. The van der Waals surface area contributed by atoms with Crippen molar-refractivity contribution in [3.63, 3.8) is 0 Å². The molecule has 0 aromatic carbocycles. The first kappa shape index (κ1) is 11.5. The predicted molar refractivity (Wildman–Crippen MR) is 67.2 cm³/mol. The average Bonchev–Trinajstić information content (AvgIpc) is 2.27. The molecule has 1 heteroatoms. The third kappa shape index (κ3) is 1.40. The van der Waals surface area contributed by atoms with Crippen molar-refractivity contribution in [1.82, 2.24) is 0 Å². The molecular weight excluding hydrogens is 204 g/mol. The maximum absolute atomic E-state index is 6.54. The summed E-state index contributed by atoms with van der Waals surface area (Å²) in [4.78, 5) is 0. The number of allylic oxidation sites excluding steroid dienone is 2. The average molecular weight is 227 g/mol. The lowest BCUT2D eigenvalue weighted by Gasteiger charge is -2.35. The van der Waals surface area contributed by atoms with E-state index < -0.39 is 0 Å². The standard InChI is InChI=1S/C14H23Cl/c1-9-13(2,3)10-7-6-8-11(15)12(10)14(9,4)5/h9,11H,6-8H2,1-5H3. The Balaban J connectivity index is 2.55. The molecule has 0 fully saturated rings. The van der Waals surface area contributed by atoms with Crippen LogP contribution in [0.1, 0.15) is 53.9 Å². The van der Waals surface area contributed by atoms with Crippen molar-refractivity contribution in [2.75, 3.05) is 0 Å². The smallest absolute Gasteiger partial charge is 0.0553 e. The summed E-state index contributed by atoms with van der Waals surface area (Å²) in [5, 5.41) is 0.299. The monoisotopic (exact) mass is 226 g/mol. The second kappa shape index (κ2) is 3.26. The highest BCUT2D eigenvalue weighted by Crippen LogP contribution is 2.61. The van der Waals surface area contributed by atoms with E-state index in [1.807, 2.05) is 0 Å². The number of hydrogen-bond donors (Lipinski definition) is 0. The fourth-order valence-electron chi connectivity index (χ4n) is 3.78. The minimum atomic E-state index is 0.297. The molecule has 0 radical (unpaired) electrons. The lowest BCUT2D eigenvalue weighted by molar-refractivity contribution is 0.187. The third-order valence-corrected chi connectivity index (χ3v) is 5.60. The Bertz CT molecular complexity index is 309. The van der Waals surface area contributed by atoms with Crippen LogP contribution in [0.3, 0.4) is 0 Å². The quantitative estimate of drug-likeness (QED) is 0.412. The van der Waals surface area contributed by atoms with Gasteiger partial charge in [0, 0.05) is 0 Å². The molecule has 0 heterocycles. The Morgan fingerprint density at radius 3 is 2.27 bits per heavy atom. The first-order chi connectivity index (χ1) is 6.79. The molecule has 0 saturated heterocycles. The van der Waals surface area contributed by atoms with E-state index in [9.17, 15) is 0 Å². The second-order valence-corrected chi connectivity index (χ2v) is 6.94. The highest BCUT2D eigenvalue weighted by atomic mass is 35.5. The topological polar surface area (TPSA) is 0 Å². The van der Waals surface area contributed by atoms with E-state index in [0.29, 0.717) is 22.1 Å². The van der Waals surface area contributed by atoms with Gasteiger partial charge in [0.1, 0.15) is 0 Å².